The van der Waals surface area contributed by atoms with Crippen LogP contribution in [0.3, 0.4) is 0 Å². The van der Waals surface area contributed by atoms with Crippen molar-refractivity contribution in [3.05, 3.63) is 138 Å². The van der Waals surface area contributed by atoms with Gasteiger partial charge in [0.2, 0.25) is 0 Å². The summed E-state index contributed by atoms with van der Waals surface area (Å²) in [5, 5.41) is 2.26. The van der Waals surface area contributed by atoms with Gasteiger partial charge < -0.3 is 19.1 Å². The number of ether oxygens (including phenoxy) is 1. The van der Waals surface area contributed by atoms with Gasteiger partial charge in [-0.15, -0.1) is 48.1 Å². The van der Waals surface area contributed by atoms with E-state index in [1.807, 2.05) is 24.4 Å². The Morgan fingerprint density at radius 1 is 0.735 bits per heavy atom. The van der Waals surface area contributed by atoms with Crippen molar-refractivity contribution in [2.45, 2.75) is 67.7 Å². The monoisotopic (exact) mass is 826 g/mol. The summed E-state index contributed by atoms with van der Waals surface area (Å²) >= 11 is 0. The zero-order valence-corrected chi connectivity index (χ0v) is 32.0. The van der Waals surface area contributed by atoms with E-state index in [4.69, 9.17) is 9.72 Å². The van der Waals surface area contributed by atoms with Crippen molar-refractivity contribution in [3.63, 3.8) is 0 Å². The molecule has 0 amide bonds. The van der Waals surface area contributed by atoms with E-state index in [1.165, 1.54) is 33.6 Å². The maximum atomic E-state index is 6.49. The minimum Gasteiger partial charge on any atom is -0.509 e. The van der Waals surface area contributed by atoms with Gasteiger partial charge in [-0.2, -0.15) is 12.1 Å². The fraction of sp³-hybridized carbons (Fsp3) is 0.256. The number of pyridine rings is 1. The Bertz CT molecular complexity index is 2220. The summed E-state index contributed by atoms with van der Waals surface area (Å²) in [6, 6.07) is 34.4. The zero-order valence-electron chi connectivity index (χ0n) is 29.8. The first kappa shape index (κ1) is 34.5. The van der Waals surface area contributed by atoms with Gasteiger partial charge in [-0.05, 0) is 84.3 Å². The molecule has 6 heteroatoms. The normalized spacial score (nSPS) is 13.6. The van der Waals surface area contributed by atoms with E-state index >= 15 is 0 Å². The topological polar surface area (TPSA) is 33.5 Å². The van der Waals surface area contributed by atoms with Crippen LogP contribution < -0.4 is 14.5 Å². The van der Waals surface area contributed by atoms with Crippen LogP contribution in [0.5, 0.6) is 11.5 Å². The first-order valence-electron chi connectivity index (χ1n) is 16.6. The average molecular weight is 827 g/mol. The molecule has 6 aromatic rings. The van der Waals surface area contributed by atoms with E-state index in [2.05, 4.69) is 162 Å². The number of rotatable bonds is 5. The first-order chi connectivity index (χ1) is 22.8. The zero-order chi connectivity index (χ0) is 34.0. The van der Waals surface area contributed by atoms with E-state index in [-0.39, 0.29) is 31.9 Å². The molecular weight excluding hydrogens is 784 g/mol. The number of benzene rings is 4. The minimum absolute atomic E-state index is 0. The fourth-order valence-corrected chi connectivity index (χ4v) is 6.44. The van der Waals surface area contributed by atoms with Crippen molar-refractivity contribution in [1.29, 1.82) is 0 Å². The van der Waals surface area contributed by atoms with E-state index in [0.29, 0.717) is 11.5 Å². The van der Waals surface area contributed by atoms with Gasteiger partial charge in [0.25, 0.3) is 0 Å². The maximum absolute atomic E-state index is 6.49. The summed E-state index contributed by atoms with van der Waals surface area (Å²) in [7, 11) is 0. The molecule has 49 heavy (non-hydrogen) atoms. The summed E-state index contributed by atoms with van der Waals surface area (Å²) in [4.78, 5) is 9.26. The number of aryl methyl sites for hydroxylation is 1. The summed E-state index contributed by atoms with van der Waals surface area (Å²) in [6.45, 7) is 22.2. The molecule has 0 spiro atoms. The van der Waals surface area contributed by atoms with E-state index < -0.39 is 0 Å². The molecule has 0 bridgehead atoms. The van der Waals surface area contributed by atoms with Gasteiger partial charge in [-0.3, -0.25) is 0 Å². The molecular formula is C43H43N4OPt-3. The second kappa shape index (κ2) is 12.8. The number of hydrogen-bond donors (Lipinski definition) is 0. The first-order valence-corrected chi connectivity index (χ1v) is 16.6. The number of para-hydroxylation sites is 1. The minimum atomic E-state index is -0.0747. The van der Waals surface area contributed by atoms with Crippen molar-refractivity contribution >= 4 is 33.2 Å². The van der Waals surface area contributed by atoms with Crippen molar-refractivity contribution in [2.24, 2.45) is 5.41 Å². The van der Waals surface area contributed by atoms with Crippen LogP contribution >= 0.6 is 0 Å². The van der Waals surface area contributed by atoms with Crippen LogP contribution in [0, 0.1) is 45.0 Å². The molecule has 1 aliphatic heterocycles. The molecule has 0 saturated heterocycles. The van der Waals surface area contributed by atoms with Crippen LogP contribution in [0.15, 0.2) is 97.0 Å². The van der Waals surface area contributed by atoms with Crippen molar-refractivity contribution in [1.82, 2.24) is 9.55 Å². The third-order valence-electron chi connectivity index (χ3n) is 9.47. The number of fused-ring (bicyclic) bond motifs is 3. The maximum Gasteiger partial charge on any atom is 0.135 e. The molecule has 3 heterocycles. The second-order valence-corrected chi connectivity index (χ2v) is 14.9. The standard InChI is InChI=1S/C43H43N4O.Pt/c1-28-17-20-37(30(3)29(28)2)46-27-45(26-40(46)43(7,8)9)32-13-12-14-33(24-32)48-34-18-19-36-35-15-10-11-16-38(35)47(39(36)25-34)41-23-31(21-22-44-41)42(4,5)6;/h10-23,26-27H,1-9H3;/q-3;. The third kappa shape index (κ3) is 6.42. The summed E-state index contributed by atoms with van der Waals surface area (Å²) < 4.78 is 8.67. The van der Waals surface area contributed by atoms with Crippen LogP contribution in [0.1, 0.15) is 63.8 Å². The number of hydrogen-bond acceptors (Lipinski definition) is 4. The number of nitrogens with zero attached hydrogens (tertiary/aromatic N) is 4. The van der Waals surface area contributed by atoms with Crippen LogP contribution in [0.4, 0.5) is 11.4 Å². The molecule has 0 atom stereocenters. The van der Waals surface area contributed by atoms with Gasteiger partial charge in [0.1, 0.15) is 5.82 Å². The molecule has 0 aliphatic carbocycles. The largest absolute Gasteiger partial charge is 0.509 e. The van der Waals surface area contributed by atoms with E-state index in [0.717, 1.165) is 33.3 Å². The Kier molecular flexibility index (Phi) is 9.05. The van der Waals surface area contributed by atoms with E-state index in [9.17, 15) is 0 Å². The van der Waals surface area contributed by atoms with Crippen LogP contribution in [0.2, 0.25) is 0 Å². The molecule has 0 unspecified atom stereocenters. The quantitative estimate of drug-likeness (QED) is 0.162. The fourth-order valence-electron chi connectivity index (χ4n) is 6.44. The van der Waals surface area contributed by atoms with Crippen LogP contribution in [0.25, 0.3) is 27.6 Å². The molecule has 1 aliphatic rings. The average Bonchev–Trinajstić information content (AvgIpc) is 3.64. The van der Waals surface area contributed by atoms with Gasteiger partial charge in [0.05, 0.1) is 0 Å². The van der Waals surface area contributed by atoms with Gasteiger partial charge in [0, 0.05) is 61.1 Å². The van der Waals surface area contributed by atoms with Crippen molar-refractivity contribution in [3.8, 4) is 17.3 Å². The Labute approximate surface area is 305 Å². The Hall–Kier alpha value is -4.34. The second-order valence-electron chi connectivity index (χ2n) is 14.9. The van der Waals surface area contributed by atoms with Crippen LogP contribution in [-0.2, 0) is 26.5 Å². The van der Waals surface area contributed by atoms with Gasteiger partial charge in [0.15, 0.2) is 0 Å². The number of anilines is 2. The van der Waals surface area contributed by atoms with Crippen molar-refractivity contribution < 1.29 is 25.8 Å². The van der Waals surface area contributed by atoms with Gasteiger partial charge >= 0.3 is 0 Å². The molecule has 7 rings (SSSR count). The molecule has 2 aromatic heterocycles. The Morgan fingerprint density at radius 2 is 1.49 bits per heavy atom. The SMILES string of the molecule is Cc1ccc(N2[CH-]N(c3[c-]c(Oc4[c-]c5c(cc4)c4ccccc4n5-c4cc(C(C)(C)C)ccn4)ccc3)C=C2C(C)(C)C)c(C)c1C.[Pt]. The number of allylic oxidation sites excluding steroid dienone is 1. The third-order valence-corrected chi connectivity index (χ3v) is 9.47. The summed E-state index contributed by atoms with van der Waals surface area (Å²) in [5.74, 6) is 2.11. The summed E-state index contributed by atoms with van der Waals surface area (Å²) in [5.41, 5.74) is 10.4. The summed E-state index contributed by atoms with van der Waals surface area (Å²) in [6.07, 6.45) is 4.11. The van der Waals surface area contributed by atoms with E-state index in [1.54, 1.807) is 0 Å². The molecule has 5 nitrogen and oxygen atoms in total. The molecule has 0 N–H and O–H groups in total. The molecule has 4 aromatic carbocycles. The predicted octanol–water partition coefficient (Wildman–Crippen LogP) is 11.1. The van der Waals surface area contributed by atoms with Gasteiger partial charge in [-0.1, -0.05) is 71.3 Å². The smallest absolute Gasteiger partial charge is 0.135 e. The van der Waals surface area contributed by atoms with Gasteiger partial charge in [-0.25, -0.2) is 4.98 Å². The Balaban J connectivity index is 0.00000417. The molecule has 254 valence electrons. The van der Waals surface area contributed by atoms with Crippen molar-refractivity contribution in [2.75, 3.05) is 9.80 Å². The molecule has 0 fully saturated rings. The molecule has 0 saturated carbocycles. The predicted molar refractivity (Wildman–Crippen MR) is 199 cm³/mol. The van der Waals surface area contributed by atoms with Crippen LogP contribution in [-0.4, -0.2) is 9.55 Å². The number of aromatic nitrogens is 2. The Morgan fingerprint density at radius 3 is 2.24 bits per heavy atom. The molecule has 0 radical (unpaired) electrons.